The normalized spacial score (nSPS) is 12.4. The fourth-order valence-electron chi connectivity index (χ4n) is 3.44. The Hall–Kier alpha value is -2.84. The second kappa shape index (κ2) is 8.01. The Kier molecular flexibility index (Phi) is 5.19. The highest BCUT2D eigenvalue weighted by Gasteiger charge is 2.20. The SMILES string of the molecule is COc1ccc(-c2nc(C(O)Nc3c(Cl)cncc3Cl)cs2)c2c1oc1ccccc12. The van der Waals surface area contributed by atoms with E-state index in [1.807, 2.05) is 36.4 Å². The number of aliphatic hydroxyl groups excluding tert-OH is 1. The first kappa shape index (κ1) is 20.1. The van der Waals surface area contributed by atoms with Gasteiger partial charge >= 0.3 is 0 Å². The molecule has 0 saturated heterocycles. The van der Waals surface area contributed by atoms with Gasteiger partial charge in [0.25, 0.3) is 0 Å². The molecule has 156 valence electrons. The van der Waals surface area contributed by atoms with Crippen molar-refractivity contribution in [2.75, 3.05) is 12.4 Å². The molecule has 0 fully saturated rings. The van der Waals surface area contributed by atoms with Gasteiger partial charge in [0.2, 0.25) is 0 Å². The maximum Gasteiger partial charge on any atom is 0.177 e. The predicted molar refractivity (Wildman–Crippen MR) is 124 cm³/mol. The molecule has 3 aromatic heterocycles. The smallest absolute Gasteiger partial charge is 0.177 e. The highest BCUT2D eigenvalue weighted by molar-refractivity contribution is 7.13. The molecule has 5 rings (SSSR count). The Morgan fingerprint density at radius 3 is 2.68 bits per heavy atom. The number of pyridine rings is 1. The molecule has 0 spiro atoms. The molecule has 1 unspecified atom stereocenters. The number of para-hydroxylation sites is 1. The van der Waals surface area contributed by atoms with Gasteiger partial charge in [-0.3, -0.25) is 4.98 Å². The molecule has 0 saturated carbocycles. The zero-order chi connectivity index (χ0) is 21.5. The van der Waals surface area contributed by atoms with Crippen LogP contribution in [-0.4, -0.2) is 22.2 Å². The standard InChI is InChI=1S/C22H15Cl2N3O3S/c1-29-17-7-6-12(18-11-4-2-3-5-16(11)30-20(17)18)22-26-15(10-31-22)21(28)27-19-13(23)8-25-9-14(19)24/h2-10,21,28H,1H3,(H,25,27). The third kappa shape index (κ3) is 3.49. The van der Waals surface area contributed by atoms with Crippen LogP contribution in [0.15, 0.2) is 58.6 Å². The van der Waals surface area contributed by atoms with E-state index >= 15 is 0 Å². The molecule has 31 heavy (non-hydrogen) atoms. The van der Waals surface area contributed by atoms with Crippen LogP contribution < -0.4 is 10.1 Å². The molecule has 6 nitrogen and oxygen atoms in total. The zero-order valence-electron chi connectivity index (χ0n) is 16.1. The van der Waals surface area contributed by atoms with Crippen LogP contribution in [0.4, 0.5) is 5.69 Å². The summed E-state index contributed by atoms with van der Waals surface area (Å²) in [4.78, 5) is 8.56. The summed E-state index contributed by atoms with van der Waals surface area (Å²) < 4.78 is 11.5. The fraction of sp³-hybridized carbons (Fsp3) is 0.0909. The number of aromatic nitrogens is 2. The lowest BCUT2D eigenvalue weighted by Crippen LogP contribution is -2.11. The van der Waals surface area contributed by atoms with E-state index in [1.54, 1.807) is 12.5 Å². The van der Waals surface area contributed by atoms with E-state index < -0.39 is 6.23 Å². The van der Waals surface area contributed by atoms with Crippen LogP contribution in [0.1, 0.15) is 11.9 Å². The number of thiazole rings is 1. The molecule has 5 aromatic rings. The molecule has 2 N–H and O–H groups in total. The topological polar surface area (TPSA) is 80.4 Å². The summed E-state index contributed by atoms with van der Waals surface area (Å²) in [6.07, 6.45) is 1.80. The van der Waals surface area contributed by atoms with Crippen molar-refractivity contribution >= 4 is 62.2 Å². The molecule has 1 atom stereocenters. The van der Waals surface area contributed by atoms with Gasteiger partial charge in [0.15, 0.2) is 17.6 Å². The molecule has 0 amide bonds. The number of hydrogen-bond acceptors (Lipinski definition) is 7. The van der Waals surface area contributed by atoms with E-state index in [1.165, 1.54) is 23.7 Å². The molecule has 0 aliphatic rings. The molecule has 0 aliphatic carbocycles. The summed E-state index contributed by atoms with van der Waals surface area (Å²) in [7, 11) is 1.61. The summed E-state index contributed by atoms with van der Waals surface area (Å²) in [5, 5.41) is 18.6. The fourth-order valence-corrected chi connectivity index (χ4v) is 4.78. The third-order valence-corrected chi connectivity index (χ3v) is 6.34. The second-order valence-electron chi connectivity index (χ2n) is 6.72. The van der Waals surface area contributed by atoms with Crippen LogP contribution in [0.5, 0.6) is 5.75 Å². The first-order valence-electron chi connectivity index (χ1n) is 9.24. The number of nitrogens with zero attached hydrogens (tertiary/aromatic N) is 2. The number of rotatable bonds is 5. The number of nitrogens with one attached hydrogen (secondary N) is 1. The van der Waals surface area contributed by atoms with Crippen molar-refractivity contribution in [3.8, 4) is 16.3 Å². The highest BCUT2D eigenvalue weighted by atomic mass is 35.5. The van der Waals surface area contributed by atoms with Crippen molar-refractivity contribution in [1.82, 2.24) is 9.97 Å². The van der Waals surface area contributed by atoms with Gasteiger partial charge in [-0.25, -0.2) is 4.98 Å². The highest BCUT2D eigenvalue weighted by Crippen LogP contribution is 2.42. The summed E-state index contributed by atoms with van der Waals surface area (Å²) in [5.41, 5.74) is 3.16. The lowest BCUT2D eigenvalue weighted by atomic mass is 10.1. The monoisotopic (exact) mass is 471 g/mol. The Morgan fingerprint density at radius 2 is 1.90 bits per heavy atom. The number of furan rings is 1. The van der Waals surface area contributed by atoms with E-state index in [0.29, 0.717) is 32.8 Å². The average molecular weight is 472 g/mol. The van der Waals surface area contributed by atoms with Crippen LogP contribution in [-0.2, 0) is 0 Å². The van der Waals surface area contributed by atoms with Crippen molar-refractivity contribution in [2.45, 2.75) is 6.23 Å². The van der Waals surface area contributed by atoms with Crippen molar-refractivity contribution in [2.24, 2.45) is 0 Å². The van der Waals surface area contributed by atoms with Crippen LogP contribution in [0.25, 0.3) is 32.5 Å². The Labute approximate surface area is 191 Å². The van der Waals surface area contributed by atoms with Gasteiger partial charge in [-0.15, -0.1) is 11.3 Å². The molecule has 9 heteroatoms. The van der Waals surface area contributed by atoms with Gasteiger partial charge in [0.1, 0.15) is 16.3 Å². The lowest BCUT2D eigenvalue weighted by Gasteiger charge is -2.14. The van der Waals surface area contributed by atoms with Crippen LogP contribution >= 0.6 is 34.5 Å². The largest absolute Gasteiger partial charge is 0.493 e. The molecule has 0 aliphatic heterocycles. The van der Waals surface area contributed by atoms with Gasteiger partial charge in [0.05, 0.1) is 22.8 Å². The van der Waals surface area contributed by atoms with E-state index in [9.17, 15) is 5.11 Å². The number of benzene rings is 2. The zero-order valence-corrected chi connectivity index (χ0v) is 18.4. The van der Waals surface area contributed by atoms with Gasteiger partial charge in [-0.2, -0.15) is 0 Å². The molecule has 0 radical (unpaired) electrons. The number of hydrogen-bond donors (Lipinski definition) is 2. The van der Waals surface area contributed by atoms with Crippen molar-refractivity contribution in [3.63, 3.8) is 0 Å². The molecule has 2 aromatic carbocycles. The summed E-state index contributed by atoms with van der Waals surface area (Å²) in [6, 6.07) is 11.6. The minimum atomic E-state index is -1.10. The lowest BCUT2D eigenvalue weighted by molar-refractivity contribution is 0.204. The van der Waals surface area contributed by atoms with E-state index in [-0.39, 0.29) is 0 Å². The van der Waals surface area contributed by atoms with Gasteiger partial charge in [-0.1, -0.05) is 41.4 Å². The van der Waals surface area contributed by atoms with Crippen LogP contribution in [0, 0.1) is 0 Å². The maximum absolute atomic E-state index is 10.7. The number of methoxy groups -OCH3 is 1. The minimum absolute atomic E-state index is 0.309. The van der Waals surface area contributed by atoms with E-state index in [2.05, 4.69) is 15.3 Å². The Morgan fingerprint density at radius 1 is 1.13 bits per heavy atom. The number of halogens is 2. The average Bonchev–Trinajstić information content (AvgIpc) is 3.41. The second-order valence-corrected chi connectivity index (χ2v) is 8.39. The number of aliphatic hydroxyl groups is 1. The van der Waals surface area contributed by atoms with Crippen molar-refractivity contribution < 1.29 is 14.3 Å². The van der Waals surface area contributed by atoms with Crippen LogP contribution in [0.3, 0.4) is 0 Å². The summed E-state index contributed by atoms with van der Waals surface area (Å²) in [6.45, 7) is 0. The van der Waals surface area contributed by atoms with Crippen molar-refractivity contribution in [1.29, 1.82) is 0 Å². The van der Waals surface area contributed by atoms with Gasteiger partial charge in [0, 0.05) is 34.1 Å². The quantitative estimate of drug-likeness (QED) is 0.284. The third-order valence-electron chi connectivity index (χ3n) is 4.88. The predicted octanol–water partition coefficient (Wildman–Crippen LogP) is 6.52. The molecular weight excluding hydrogens is 457 g/mol. The van der Waals surface area contributed by atoms with Gasteiger partial charge in [-0.05, 0) is 18.2 Å². The van der Waals surface area contributed by atoms with E-state index in [0.717, 1.165) is 26.9 Å². The van der Waals surface area contributed by atoms with Gasteiger partial charge < -0.3 is 19.6 Å². The number of anilines is 1. The van der Waals surface area contributed by atoms with Crippen molar-refractivity contribution in [3.05, 3.63) is 69.9 Å². The molecule has 3 heterocycles. The van der Waals surface area contributed by atoms with E-state index in [4.69, 9.17) is 32.4 Å². The summed E-state index contributed by atoms with van der Waals surface area (Å²) in [5.74, 6) is 0.649. The molecular formula is C22H15Cl2N3O3S. The molecule has 0 bridgehead atoms. The first-order chi connectivity index (χ1) is 15.1. The van der Waals surface area contributed by atoms with Crippen LogP contribution in [0.2, 0.25) is 10.0 Å². The minimum Gasteiger partial charge on any atom is -0.493 e. The summed E-state index contributed by atoms with van der Waals surface area (Å²) >= 11 is 13.7. The maximum atomic E-state index is 10.7. The first-order valence-corrected chi connectivity index (χ1v) is 10.9. The Bertz CT molecular complexity index is 1400. The number of ether oxygens (including phenoxy) is 1. The Balaban J connectivity index is 1.57. The number of fused-ring (bicyclic) bond motifs is 3.